The first kappa shape index (κ1) is 19.3. The first-order valence-corrected chi connectivity index (χ1v) is 10.3. The quantitative estimate of drug-likeness (QED) is 0.549. The molecule has 0 fully saturated rings. The molecule has 0 aliphatic heterocycles. The summed E-state index contributed by atoms with van der Waals surface area (Å²) < 4.78 is 2.80. The Morgan fingerprint density at radius 1 is 1.28 bits per heavy atom. The average molecular weight is 410 g/mol. The van der Waals surface area contributed by atoms with Gasteiger partial charge in [-0.2, -0.15) is 5.10 Å². The highest BCUT2D eigenvalue weighted by Crippen LogP contribution is 2.23. The Morgan fingerprint density at radius 3 is 2.79 bits per heavy atom. The van der Waals surface area contributed by atoms with Crippen molar-refractivity contribution in [1.82, 2.24) is 24.6 Å². The number of aryl methyl sites for hydroxylation is 3. The Morgan fingerprint density at radius 2 is 2.03 bits per heavy atom. The number of thiazole rings is 1. The monoisotopic (exact) mass is 409 g/mol. The number of benzene rings is 1. The van der Waals surface area contributed by atoms with Crippen LogP contribution in [-0.4, -0.2) is 37.6 Å². The van der Waals surface area contributed by atoms with E-state index in [2.05, 4.69) is 15.1 Å². The molecule has 0 saturated carbocycles. The van der Waals surface area contributed by atoms with Crippen LogP contribution >= 0.6 is 11.3 Å². The molecule has 8 heteroatoms. The van der Waals surface area contributed by atoms with Crippen LogP contribution in [0.3, 0.4) is 0 Å². The van der Waals surface area contributed by atoms with Crippen molar-refractivity contribution < 1.29 is 4.79 Å². The minimum atomic E-state index is -0.153. The zero-order valence-corrected chi connectivity index (χ0v) is 17.8. The van der Waals surface area contributed by atoms with Crippen molar-refractivity contribution >= 4 is 38.5 Å². The summed E-state index contributed by atoms with van der Waals surface area (Å²) in [5.41, 5.74) is 3.94. The first-order valence-electron chi connectivity index (χ1n) is 9.48. The number of para-hydroxylation sites is 1. The van der Waals surface area contributed by atoms with Gasteiger partial charge in [-0.25, -0.2) is 4.98 Å². The second-order valence-corrected chi connectivity index (χ2v) is 8.43. The third-order valence-corrected chi connectivity index (χ3v) is 6.30. The molecule has 4 aromatic rings. The molecule has 0 bridgehead atoms. The lowest BCUT2D eigenvalue weighted by atomic mass is 10.0. The molecular weight excluding hydrogens is 386 g/mol. The number of aromatic nitrogens is 4. The average Bonchev–Trinajstić information content (AvgIpc) is 3.20. The molecule has 0 aliphatic carbocycles. The van der Waals surface area contributed by atoms with Crippen LogP contribution in [0.25, 0.3) is 21.3 Å². The largest absolute Gasteiger partial charge is 0.339 e. The molecule has 3 heterocycles. The molecule has 1 amide bonds. The van der Waals surface area contributed by atoms with Crippen molar-refractivity contribution in [2.45, 2.75) is 33.2 Å². The normalized spacial score (nSPS) is 11.4. The van der Waals surface area contributed by atoms with Crippen LogP contribution in [-0.2, 0) is 24.8 Å². The summed E-state index contributed by atoms with van der Waals surface area (Å²) in [7, 11) is 3.59. The number of aromatic amines is 1. The van der Waals surface area contributed by atoms with Gasteiger partial charge in [0.1, 0.15) is 10.7 Å². The molecule has 3 aromatic heterocycles. The van der Waals surface area contributed by atoms with Crippen LogP contribution in [0.4, 0.5) is 0 Å². The number of carbonyl (C=O) groups is 1. The summed E-state index contributed by atoms with van der Waals surface area (Å²) in [5.74, 6) is -0.00828. The number of nitrogens with zero attached hydrogens (tertiary/aromatic N) is 4. The van der Waals surface area contributed by atoms with Gasteiger partial charge in [0, 0.05) is 31.5 Å². The van der Waals surface area contributed by atoms with E-state index in [-0.39, 0.29) is 17.9 Å². The molecule has 1 N–H and O–H groups in total. The van der Waals surface area contributed by atoms with Crippen LogP contribution in [0, 0.1) is 13.8 Å². The van der Waals surface area contributed by atoms with Gasteiger partial charge in [-0.1, -0.05) is 12.1 Å². The molecule has 0 atom stereocenters. The number of carbonyl (C=O) groups excluding carboxylic acids is 1. The summed E-state index contributed by atoms with van der Waals surface area (Å²) in [6.07, 6.45) is 0.671. The minimum Gasteiger partial charge on any atom is -0.339 e. The summed E-state index contributed by atoms with van der Waals surface area (Å²) in [4.78, 5) is 34.4. The lowest BCUT2D eigenvalue weighted by Gasteiger charge is -2.16. The van der Waals surface area contributed by atoms with Crippen molar-refractivity contribution in [1.29, 1.82) is 0 Å². The number of hydrogen-bond donors (Lipinski definition) is 1. The van der Waals surface area contributed by atoms with Crippen molar-refractivity contribution in [3.63, 3.8) is 0 Å². The smallest absolute Gasteiger partial charge is 0.253 e. The Hall–Kier alpha value is -3.00. The van der Waals surface area contributed by atoms with Crippen LogP contribution in [0.2, 0.25) is 0 Å². The lowest BCUT2D eigenvalue weighted by molar-refractivity contribution is -0.130. The van der Waals surface area contributed by atoms with Gasteiger partial charge < -0.3 is 9.88 Å². The van der Waals surface area contributed by atoms with Gasteiger partial charge in [-0.3, -0.25) is 14.3 Å². The highest BCUT2D eigenvalue weighted by Gasteiger charge is 2.17. The maximum atomic E-state index is 12.7. The van der Waals surface area contributed by atoms with Gasteiger partial charge in [0.2, 0.25) is 5.91 Å². The Balaban J connectivity index is 1.49. The van der Waals surface area contributed by atoms with Crippen molar-refractivity contribution in [3.8, 4) is 0 Å². The standard InChI is InChI=1S/C21H23N5O2S/c1-12-14(21(28)23-20-19(12)13(2)24-26(20)4)9-10-18(27)25(3)11-17-22-15-7-5-6-8-16(15)29-17/h5-8H,9-11H2,1-4H3,(H,23,28). The third kappa shape index (κ3) is 3.55. The van der Waals surface area contributed by atoms with Crippen molar-refractivity contribution in [2.75, 3.05) is 7.05 Å². The van der Waals surface area contributed by atoms with Crippen molar-refractivity contribution in [3.05, 3.63) is 56.4 Å². The molecule has 0 aliphatic rings. The van der Waals surface area contributed by atoms with Crippen LogP contribution in [0.5, 0.6) is 0 Å². The number of amides is 1. The molecular formula is C21H23N5O2S. The Kier molecular flexibility index (Phi) is 4.96. The van der Waals surface area contributed by atoms with Gasteiger partial charge in [-0.15, -0.1) is 11.3 Å². The summed E-state index contributed by atoms with van der Waals surface area (Å²) in [5, 5.41) is 6.25. The topological polar surface area (TPSA) is 83.9 Å². The molecule has 0 saturated heterocycles. The lowest BCUT2D eigenvalue weighted by Crippen LogP contribution is -2.27. The Bertz CT molecular complexity index is 1250. The van der Waals surface area contributed by atoms with E-state index in [1.807, 2.05) is 45.2 Å². The van der Waals surface area contributed by atoms with Gasteiger partial charge in [0.15, 0.2) is 0 Å². The molecule has 4 rings (SSSR count). The van der Waals surface area contributed by atoms with Gasteiger partial charge in [-0.05, 0) is 38.0 Å². The molecule has 1 aromatic carbocycles. The van der Waals surface area contributed by atoms with Crippen molar-refractivity contribution in [2.24, 2.45) is 7.05 Å². The van der Waals surface area contributed by atoms with E-state index in [4.69, 9.17) is 0 Å². The van der Waals surface area contributed by atoms with Gasteiger partial charge in [0.25, 0.3) is 5.56 Å². The number of fused-ring (bicyclic) bond motifs is 2. The highest BCUT2D eigenvalue weighted by molar-refractivity contribution is 7.18. The van der Waals surface area contributed by atoms with Gasteiger partial charge >= 0.3 is 0 Å². The highest BCUT2D eigenvalue weighted by atomic mass is 32.1. The van der Waals surface area contributed by atoms with E-state index in [0.29, 0.717) is 24.2 Å². The summed E-state index contributed by atoms with van der Waals surface area (Å²) in [6, 6.07) is 7.95. The molecule has 29 heavy (non-hydrogen) atoms. The number of pyridine rings is 1. The predicted molar refractivity (Wildman–Crippen MR) is 115 cm³/mol. The second-order valence-electron chi connectivity index (χ2n) is 7.32. The van der Waals surface area contributed by atoms with E-state index in [9.17, 15) is 9.59 Å². The van der Waals surface area contributed by atoms with Crippen LogP contribution in [0.1, 0.15) is 28.2 Å². The van der Waals surface area contributed by atoms with E-state index >= 15 is 0 Å². The predicted octanol–water partition coefficient (Wildman–Crippen LogP) is 3.08. The maximum Gasteiger partial charge on any atom is 0.253 e. The zero-order chi connectivity index (χ0) is 20.7. The molecule has 150 valence electrons. The fourth-order valence-corrected chi connectivity index (χ4v) is 4.78. The molecule has 7 nitrogen and oxygen atoms in total. The summed E-state index contributed by atoms with van der Waals surface area (Å²) in [6.45, 7) is 4.32. The fraction of sp³-hybridized carbons (Fsp3) is 0.333. The third-order valence-electron chi connectivity index (χ3n) is 5.28. The Labute approximate surface area is 172 Å². The SMILES string of the molecule is Cc1nn(C)c2[nH]c(=O)c(CCC(=O)N(C)Cc3nc4ccccc4s3)c(C)c12. The van der Waals surface area contributed by atoms with Crippen LogP contribution in [0.15, 0.2) is 29.1 Å². The zero-order valence-electron chi connectivity index (χ0n) is 16.9. The second kappa shape index (κ2) is 7.44. The molecule has 0 unspecified atom stereocenters. The van der Waals surface area contributed by atoms with E-state index in [0.717, 1.165) is 31.9 Å². The van der Waals surface area contributed by atoms with E-state index < -0.39 is 0 Å². The van der Waals surface area contributed by atoms with Gasteiger partial charge in [0.05, 0.1) is 22.5 Å². The molecule has 0 radical (unpaired) electrons. The fourth-order valence-electron chi connectivity index (χ4n) is 3.76. The summed E-state index contributed by atoms with van der Waals surface area (Å²) >= 11 is 1.60. The minimum absolute atomic E-state index is 0.00828. The number of hydrogen-bond acceptors (Lipinski definition) is 5. The van der Waals surface area contributed by atoms with E-state index in [1.54, 1.807) is 28.0 Å². The number of nitrogens with one attached hydrogen (secondary N) is 1. The van der Waals surface area contributed by atoms with E-state index in [1.165, 1.54) is 0 Å². The molecule has 0 spiro atoms. The first-order chi connectivity index (χ1) is 13.8. The van der Waals surface area contributed by atoms with Crippen LogP contribution < -0.4 is 5.56 Å². The maximum absolute atomic E-state index is 12.7. The number of rotatable bonds is 5. The number of H-pyrrole nitrogens is 1.